The van der Waals surface area contributed by atoms with Crippen molar-refractivity contribution in [3.8, 4) is 0 Å². The van der Waals surface area contributed by atoms with Crippen LogP contribution in [-0.4, -0.2) is 55.2 Å². The van der Waals surface area contributed by atoms with Gasteiger partial charge in [-0.25, -0.2) is 4.98 Å². The summed E-state index contributed by atoms with van der Waals surface area (Å²) < 4.78 is 1.09. The van der Waals surface area contributed by atoms with Crippen molar-refractivity contribution in [2.45, 2.75) is 37.4 Å². The molecule has 0 saturated carbocycles. The molecule has 3 atom stereocenters. The normalized spacial score (nSPS) is 28.6. The first-order valence-electron chi connectivity index (χ1n) is 9.19. The Hall–Kier alpha value is -1.70. The number of carbonyl (C=O) groups excluding carboxylic acids is 1. The number of amides is 1. The fourth-order valence-electron chi connectivity index (χ4n) is 4.28. The summed E-state index contributed by atoms with van der Waals surface area (Å²) in [6, 6.07) is 7.21. The molecule has 0 unspecified atom stereocenters. The monoisotopic (exact) mass is 357 g/mol. The van der Waals surface area contributed by atoms with Gasteiger partial charge in [0, 0.05) is 49.9 Å². The fraction of sp³-hybridized carbons (Fsp3) is 0.556. The highest BCUT2D eigenvalue weighted by molar-refractivity contribution is 7.22. The summed E-state index contributed by atoms with van der Waals surface area (Å²) in [6.07, 6.45) is 3.49. The van der Waals surface area contributed by atoms with Gasteiger partial charge in [-0.05, 0) is 37.5 Å². The van der Waals surface area contributed by atoms with E-state index in [0.717, 1.165) is 53.5 Å². The molecule has 3 aliphatic rings. The van der Waals surface area contributed by atoms with Crippen LogP contribution in [0.15, 0.2) is 18.2 Å². The Morgan fingerprint density at radius 3 is 2.92 bits per heavy atom. The number of hydrogen-bond donors (Lipinski definition) is 3. The van der Waals surface area contributed by atoms with Crippen molar-refractivity contribution in [3.63, 3.8) is 0 Å². The van der Waals surface area contributed by atoms with Crippen LogP contribution in [-0.2, 0) is 0 Å². The fourth-order valence-corrected chi connectivity index (χ4v) is 5.34. The van der Waals surface area contributed by atoms with Gasteiger partial charge in [-0.2, -0.15) is 0 Å². The lowest BCUT2D eigenvalue weighted by Gasteiger charge is -2.26. The SMILES string of the molecule is O=C(N[C@@H]1C[C@H]2CC[C@@H]1N2)c1ccc2nc(N3CCNCC3)sc2c1. The molecule has 2 aromatic rings. The van der Waals surface area contributed by atoms with E-state index in [4.69, 9.17) is 4.98 Å². The second kappa shape index (κ2) is 6.23. The first-order chi connectivity index (χ1) is 12.3. The molecule has 3 fully saturated rings. The average Bonchev–Trinajstić information content (AvgIpc) is 3.36. The standard InChI is InChI=1S/C18H23N5OS/c24-17(21-15-10-12-2-4-13(15)20-12)11-1-3-14-16(9-11)25-18(22-14)23-7-5-19-6-8-23/h1,3,9,12-13,15,19-20H,2,4-8,10H2,(H,21,24)/t12-,13+,15-/m1/s1. The molecule has 1 aromatic heterocycles. The van der Waals surface area contributed by atoms with E-state index in [1.807, 2.05) is 18.2 Å². The highest BCUT2D eigenvalue weighted by atomic mass is 32.1. The molecule has 0 radical (unpaired) electrons. The van der Waals surface area contributed by atoms with E-state index in [2.05, 4.69) is 20.9 Å². The van der Waals surface area contributed by atoms with Gasteiger partial charge in [-0.1, -0.05) is 11.3 Å². The summed E-state index contributed by atoms with van der Waals surface area (Å²) in [5.74, 6) is 0.0402. The van der Waals surface area contributed by atoms with Gasteiger partial charge in [0.25, 0.3) is 5.91 Å². The molecule has 6 nitrogen and oxygen atoms in total. The van der Waals surface area contributed by atoms with Crippen molar-refractivity contribution in [1.82, 2.24) is 20.9 Å². The number of aromatic nitrogens is 1. The Labute approximate surface area is 151 Å². The third-order valence-corrected chi connectivity index (χ3v) is 6.72. The Balaban J connectivity index is 1.34. The Kier molecular flexibility index (Phi) is 3.87. The maximum Gasteiger partial charge on any atom is 0.251 e. The molecule has 25 heavy (non-hydrogen) atoms. The van der Waals surface area contributed by atoms with Crippen LogP contribution in [0.3, 0.4) is 0 Å². The second-order valence-corrected chi connectivity index (χ2v) is 8.29. The van der Waals surface area contributed by atoms with Crippen LogP contribution in [0.25, 0.3) is 10.2 Å². The molecule has 1 aromatic carbocycles. The summed E-state index contributed by atoms with van der Waals surface area (Å²) in [6.45, 7) is 3.98. The zero-order valence-corrected chi connectivity index (χ0v) is 14.9. The molecular formula is C18H23N5OS. The van der Waals surface area contributed by atoms with Gasteiger partial charge in [-0.3, -0.25) is 4.79 Å². The first-order valence-corrected chi connectivity index (χ1v) is 10.0. The minimum Gasteiger partial charge on any atom is -0.348 e. The van der Waals surface area contributed by atoms with Gasteiger partial charge in [0.1, 0.15) is 0 Å². The molecule has 3 N–H and O–H groups in total. The molecule has 132 valence electrons. The molecule has 5 rings (SSSR count). The number of carbonyl (C=O) groups is 1. The van der Waals surface area contributed by atoms with Gasteiger partial charge in [-0.15, -0.1) is 0 Å². The number of thiazole rings is 1. The number of rotatable bonds is 3. The summed E-state index contributed by atoms with van der Waals surface area (Å²) in [5.41, 5.74) is 1.72. The minimum atomic E-state index is 0.0402. The van der Waals surface area contributed by atoms with Crippen LogP contribution in [0, 0.1) is 0 Å². The number of nitrogens with one attached hydrogen (secondary N) is 3. The number of fused-ring (bicyclic) bond motifs is 3. The lowest BCUT2D eigenvalue weighted by molar-refractivity contribution is 0.0931. The van der Waals surface area contributed by atoms with Crippen LogP contribution < -0.4 is 20.9 Å². The molecule has 7 heteroatoms. The lowest BCUT2D eigenvalue weighted by atomic mass is 9.95. The smallest absolute Gasteiger partial charge is 0.251 e. The van der Waals surface area contributed by atoms with Crippen LogP contribution in [0.1, 0.15) is 29.6 Å². The molecule has 3 aliphatic heterocycles. The maximum atomic E-state index is 12.7. The molecule has 0 spiro atoms. The number of hydrogen-bond acceptors (Lipinski definition) is 6. The molecule has 1 amide bonds. The lowest BCUT2D eigenvalue weighted by Crippen LogP contribution is -2.43. The Morgan fingerprint density at radius 2 is 2.16 bits per heavy atom. The third kappa shape index (κ3) is 2.90. The first kappa shape index (κ1) is 15.5. The third-order valence-electron chi connectivity index (χ3n) is 5.64. The van der Waals surface area contributed by atoms with Crippen LogP contribution >= 0.6 is 11.3 Å². The van der Waals surface area contributed by atoms with Crippen LogP contribution in [0.4, 0.5) is 5.13 Å². The van der Waals surface area contributed by atoms with E-state index in [0.29, 0.717) is 12.1 Å². The van der Waals surface area contributed by atoms with E-state index in [1.165, 1.54) is 12.8 Å². The Morgan fingerprint density at radius 1 is 1.28 bits per heavy atom. The number of nitrogens with zero attached hydrogens (tertiary/aromatic N) is 2. The predicted octanol–water partition coefficient (Wildman–Crippen LogP) is 1.33. The molecule has 0 aliphatic carbocycles. The topological polar surface area (TPSA) is 69.3 Å². The molecule has 4 heterocycles. The molecular weight excluding hydrogens is 334 g/mol. The van der Waals surface area contributed by atoms with Crippen molar-refractivity contribution < 1.29 is 4.79 Å². The highest BCUT2D eigenvalue weighted by Crippen LogP contribution is 2.31. The number of piperazine rings is 1. The maximum absolute atomic E-state index is 12.7. The van der Waals surface area contributed by atoms with Crippen molar-refractivity contribution >= 4 is 32.6 Å². The van der Waals surface area contributed by atoms with Gasteiger partial charge in [0.2, 0.25) is 0 Å². The summed E-state index contributed by atoms with van der Waals surface area (Å²) >= 11 is 1.68. The average molecular weight is 357 g/mol. The largest absolute Gasteiger partial charge is 0.348 e. The van der Waals surface area contributed by atoms with E-state index in [9.17, 15) is 4.79 Å². The van der Waals surface area contributed by atoms with Crippen LogP contribution in [0.2, 0.25) is 0 Å². The highest BCUT2D eigenvalue weighted by Gasteiger charge is 2.39. The van der Waals surface area contributed by atoms with E-state index < -0.39 is 0 Å². The molecule has 2 bridgehead atoms. The zero-order chi connectivity index (χ0) is 16.8. The van der Waals surface area contributed by atoms with E-state index in [-0.39, 0.29) is 11.9 Å². The van der Waals surface area contributed by atoms with Gasteiger partial charge in [0.05, 0.1) is 10.2 Å². The zero-order valence-electron chi connectivity index (χ0n) is 14.1. The predicted molar refractivity (Wildman–Crippen MR) is 101 cm³/mol. The van der Waals surface area contributed by atoms with Crippen molar-refractivity contribution in [3.05, 3.63) is 23.8 Å². The minimum absolute atomic E-state index is 0.0402. The van der Waals surface area contributed by atoms with Crippen molar-refractivity contribution in [2.75, 3.05) is 31.1 Å². The number of benzene rings is 1. The quantitative estimate of drug-likeness (QED) is 0.773. The molecule has 3 saturated heterocycles. The Bertz CT molecular complexity index is 800. The van der Waals surface area contributed by atoms with E-state index >= 15 is 0 Å². The van der Waals surface area contributed by atoms with Gasteiger partial charge >= 0.3 is 0 Å². The van der Waals surface area contributed by atoms with Gasteiger partial charge in [0.15, 0.2) is 5.13 Å². The van der Waals surface area contributed by atoms with Crippen molar-refractivity contribution in [1.29, 1.82) is 0 Å². The van der Waals surface area contributed by atoms with Gasteiger partial charge < -0.3 is 20.9 Å². The summed E-state index contributed by atoms with van der Waals surface area (Å²) in [4.78, 5) is 19.7. The number of anilines is 1. The summed E-state index contributed by atoms with van der Waals surface area (Å²) in [5, 5.41) is 11.2. The second-order valence-electron chi connectivity index (χ2n) is 7.28. The van der Waals surface area contributed by atoms with E-state index in [1.54, 1.807) is 11.3 Å². The van der Waals surface area contributed by atoms with Crippen LogP contribution in [0.5, 0.6) is 0 Å². The van der Waals surface area contributed by atoms with Crippen molar-refractivity contribution in [2.24, 2.45) is 0 Å². The summed E-state index contributed by atoms with van der Waals surface area (Å²) in [7, 11) is 0.